The first-order chi connectivity index (χ1) is 9.80. The Morgan fingerprint density at radius 1 is 1.35 bits per heavy atom. The Hall–Kier alpha value is -1.27. The predicted octanol–water partition coefficient (Wildman–Crippen LogP) is 2.60. The van der Waals surface area contributed by atoms with Crippen LogP contribution < -0.4 is 5.32 Å². The molecule has 0 fully saturated rings. The van der Waals surface area contributed by atoms with Crippen molar-refractivity contribution in [3.8, 4) is 0 Å². The van der Waals surface area contributed by atoms with Gasteiger partial charge in [-0.2, -0.15) is 0 Å². The molecule has 1 N–H and O–H groups in total. The van der Waals surface area contributed by atoms with Crippen LogP contribution in [0, 0.1) is 0 Å². The second kappa shape index (κ2) is 7.50. The molecule has 2 rings (SSSR count). The summed E-state index contributed by atoms with van der Waals surface area (Å²) in [6.07, 6.45) is 6.85. The summed E-state index contributed by atoms with van der Waals surface area (Å²) in [5.41, 5.74) is 1.11. The first-order valence-electron chi connectivity index (χ1n) is 7.34. The monoisotopic (exact) mass is 293 g/mol. The van der Waals surface area contributed by atoms with Crippen molar-refractivity contribution < 1.29 is 0 Å². The molecule has 0 aliphatic carbocycles. The van der Waals surface area contributed by atoms with Crippen LogP contribution in [-0.2, 0) is 19.4 Å². The minimum atomic E-state index is 0.262. The van der Waals surface area contributed by atoms with Crippen LogP contribution in [0.4, 0.5) is 0 Å². The third-order valence-electron chi connectivity index (χ3n) is 3.41. The van der Waals surface area contributed by atoms with Crippen LogP contribution in [0.3, 0.4) is 0 Å². The minimum Gasteiger partial charge on any atom is -0.335 e. The maximum absolute atomic E-state index is 4.49. The summed E-state index contributed by atoms with van der Waals surface area (Å²) < 4.78 is 6.31. The molecule has 0 saturated heterocycles. The molecular weight excluding hydrogens is 270 g/mol. The SMILES string of the molecule is CCCNC(Cc1nccn1CC)c1snnc1CC. The van der Waals surface area contributed by atoms with Gasteiger partial charge >= 0.3 is 0 Å². The lowest BCUT2D eigenvalue weighted by Crippen LogP contribution is -2.25. The summed E-state index contributed by atoms with van der Waals surface area (Å²) in [6, 6.07) is 0.262. The first kappa shape index (κ1) is 15.1. The van der Waals surface area contributed by atoms with Crippen molar-refractivity contribution in [2.75, 3.05) is 6.54 Å². The highest BCUT2D eigenvalue weighted by Crippen LogP contribution is 2.24. The summed E-state index contributed by atoms with van der Waals surface area (Å²) in [5.74, 6) is 1.12. The molecule has 0 amide bonds. The fourth-order valence-corrected chi connectivity index (χ4v) is 3.11. The Morgan fingerprint density at radius 3 is 2.90 bits per heavy atom. The smallest absolute Gasteiger partial charge is 0.110 e. The van der Waals surface area contributed by atoms with Crippen molar-refractivity contribution in [3.05, 3.63) is 28.8 Å². The molecule has 2 heterocycles. The van der Waals surface area contributed by atoms with Crippen LogP contribution in [0.15, 0.2) is 12.4 Å². The largest absolute Gasteiger partial charge is 0.335 e. The van der Waals surface area contributed by atoms with Gasteiger partial charge in [-0.05, 0) is 37.8 Å². The zero-order valence-corrected chi connectivity index (χ0v) is 13.3. The molecule has 2 aromatic rings. The van der Waals surface area contributed by atoms with Crippen LogP contribution >= 0.6 is 11.5 Å². The highest BCUT2D eigenvalue weighted by molar-refractivity contribution is 7.05. The summed E-state index contributed by atoms with van der Waals surface area (Å²) in [7, 11) is 0. The number of nitrogens with one attached hydrogen (secondary N) is 1. The van der Waals surface area contributed by atoms with E-state index in [4.69, 9.17) is 0 Å². The van der Waals surface area contributed by atoms with Gasteiger partial charge in [-0.25, -0.2) is 4.98 Å². The van der Waals surface area contributed by atoms with E-state index in [2.05, 4.69) is 45.2 Å². The van der Waals surface area contributed by atoms with E-state index in [1.165, 1.54) is 16.4 Å². The van der Waals surface area contributed by atoms with Crippen molar-refractivity contribution in [2.45, 2.75) is 52.6 Å². The van der Waals surface area contributed by atoms with Gasteiger partial charge in [-0.3, -0.25) is 0 Å². The number of hydrogen-bond acceptors (Lipinski definition) is 5. The van der Waals surface area contributed by atoms with Crippen molar-refractivity contribution in [3.63, 3.8) is 0 Å². The van der Waals surface area contributed by atoms with Gasteiger partial charge in [0, 0.05) is 25.4 Å². The van der Waals surface area contributed by atoms with E-state index in [1.807, 2.05) is 12.4 Å². The normalized spacial score (nSPS) is 12.8. The second-order valence-corrected chi connectivity index (χ2v) is 5.56. The highest BCUT2D eigenvalue weighted by atomic mass is 32.1. The van der Waals surface area contributed by atoms with Crippen LogP contribution in [-0.4, -0.2) is 25.7 Å². The Bertz CT molecular complexity index is 519. The van der Waals surface area contributed by atoms with Crippen LogP contribution in [0.5, 0.6) is 0 Å². The Balaban J connectivity index is 2.19. The van der Waals surface area contributed by atoms with E-state index in [0.29, 0.717) is 0 Å². The van der Waals surface area contributed by atoms with E-state index in [-0.39, 0.29) is 6.04 Å². The summed E-state index contributed by atoms with van der Waals surface area (Å²) in [6.45, 7) is 8.41. The van der Waals surface area contributed by atoms with Crippen molar-refractivity contribution >= 4 is 11.5 Å². The lowest BCUT2D eigenvalue weighted by atomic mass is 10.1. The number of nitrogens with zero attached hydrogens (tertiary/aromatic N) is 4. The third-order valence-corrected chi connectivity index (χ3v) is 4.29. The lowest BCUT2D eigenvalue weighted by molar-refractivity contribution is 0.509. The topological polar surface area (TPSA) is 55.6 Å². The predicted molar refractivity (Wildman–Crippen MR) is 81.9 cm³/mol. The van der Waals surface area contributed by atoms with Crippen molar-refractivity contribution in [1.82, 2.24) is 24.5 Å². The highest BCUT2D eigenvalue weighted by Gasteiger charge is 2.20. The molecule has 0 aliphatic rings. The molecule has 5 nitrogen and oxygen atoms in total. The number of aryl methyl sites for hydroxylation is 2. The maximum Gasteiger partial charge on any atom is 0.110 e. The van der Waals surface area contributed by atoms with E-state index in [9.17, 15) is 0 Å². The second-order valence-electron chi connectivity index (χ2n) is 4.78. The van der Waals surface area contributed by atoms with Gasteiger partial charge in [0.1, 0.15) is 5.82 Å². The van der Waals surface area contributed by atoms with Crippen molar-refractivity contribution in [2.24, 2.45) is 0 Å². The molecule has 0 spiro atoms. The van der Waals surface area contributed by atoms with Gasteiger partial charge in [0.2, 0.25) is 0 Å². The molecule has 0 bridgehead atoms. The first-order valence-corrected chi connectivity index (χ1v) is 8.11. The summed E-state index contributed by atoms with van der Waals surface area (Å²) >= 11 is 1.51. The molecule has 0 saturated carbocycles. The average molecular weight is 293 g/mol. The van der Waals surface area contributed by atoms with Gasteiger partial charge in [0.25, 0.3) is 0 Å². The van der Waals surface area contributed by atoms with Crippen LogP contribution in [0.25, 0.3) is 0 Å². The molecule has 2 aromatic heterocycles. The van der Waals surface area contributed by atoms with E-state index >= 15 is 0 Å². The van der Waals surface area contributed by atoms with E-state index in [0.717, 1.165) is 43.9 Å². The van der Waals surface area contributed by atoms with Crippen molar-refractivity contribution in [1.29, 1.82) is 0 Å². The van der Waals surface area contributed by atoms with Gasteiger partial charge in [-0.15, -0.1) is 5.10 Å². The maximum atomic E-state index is 4.49. The number of aromatic nitrogens is 4. The van der Waals surface area contributed by atoms with Crippen LogP contribution in [0.2, 0.25) is 0 Å². The number of hydrogen-bond donors (Lipinski definition) is 1. The molecule has 0 aromatic carbocycles. The van der Waals surface area contributed by atoms with Crippen LogP contribution in [0.1, 0.15) is 49.6 Å². The molecule has 110 valence electrons. The molecule has 0 radical (unpaired) electrons. The molecule has 6 heteroatoms. The third kappa shape index (κ3) is 3.43. The van der Waals surface area contributed by atoms with Gasteiger partial charge in [0.05, 0.1) is 16.6 Å². The molecule has 20 heavy (non-hydrogen) atoms. The Labute approximate surface area is 124 Å². The standard InChI is InChI=1S/C14H23N5S/c1-4-7-15-12(14-11(5-2)17-18-20-14)10-13-16-8-9-19(13)6-3/h8-9,12,15H,4-7,10H2,1-3H3. The zero-order chi connectivity index (χ0) is 14.4. The summed E-state index contributed by atoms with van der Waals surface area (Å²) in [5, 5.41) is 7.85. The van der Waals surface area contributed by atoms with Gasteiger partial charge < -0.3 is 9.88 Å². The Kier molecular flexibility index (Phi) is 5.67. The average Bonchev–Trinajstić information content (AvgIpc) is 3.11. The number of rotatable bonds is 8. The minimum absolute atomic E-state index is 0.262. The van der Waals surface area contributed by atoms with E-state index in [1.54, 1.807) is 0 Å². The molecule has 0 aliphatic heterocycles. The Morgan fingerprint density at radius 2 is 2.20 bits per heavy atom. The molecular formula is C14H23N5S. The fraction of sp³-hybridized carbons (Fsp3) is 0.643. The molecule has 1 unspecified atom stereocenters. The molecule has 1 atom stereocenters. The lowest BCUT2D eigenvalue weighted by Gasteiger charge is -2.18. The van der Waals surface area contributed by atoms with E-state index < -0.39 is 0 Å². The number of imidazole rings is 1. The fourth-order valence-electron chi connectivity index (χ4n) is 2.30. The zero-order valence-electron chi connectivity index (χ0n) is 12.5. The van der Waals surface area contributed by atoms with Gasteiger partial charge in [-0.1, -0.05) is 18.3 Å². The van der Waals surface area contributed by atoms with Gasteiger partial charge in [0.15, 0.2) is 0 Å². The quantitative estimate of drug-likeness (QED) is 0.813. The summed E-state index contributed by atoms with van der Waals surface area (Å²) in [4.78, 5) is 5.74.